The number of hydrogen-bond donors (Lipinski definition) is 4. The van der Waals surface area contributed by atoms with Crippen molar-refractivity contribution in [1.82, 2.24) is 0 Å². The lowest BCUT2D eigenvalue weighted by molar-refractivity contribution is -0.383. The zero-order chi connectivity index (χ0) is 39.6. The lowest BCUT2D eigenvalue weighted by Gasteiger charge is -2.30. The summed E-state index contributed by atoms with van der Waals surface area (Å²) in [5.74, 6) is 0. The Bertz CT molecular complexity index is 1550. The van der Waals surface area contributed by atoms with Crippen molar-refractivity contribution in [3.05, 3.63) is 79.8 Å². The molecule has 18 heteroatoms. The van der Waals surface area contributed by atoms with E-state index in [0.717, 1.165) is 50.4 Å². The molecule has 292 valence electrons. The van der Waals surface area contributed by atoms with Crippen molar-refractivity contribution in [2.24, 2.45) is 0 Å². The highest BCUT2D eigenvalue weighted by Gasteiger charge is 2.23. The van der Waals surface area contributed by atoms with Crippen LogP contribution < -0.4 is 32.7 Å². The first-order valence-electron chi connectivity index (χ1n) is 16.3. The Labute approximate surface area is 382 Å². The number of nitrogens with zero attached hydrogens (tertiary/aromatic N) is 4. The molecular formula is C34H50ClI5N8O4. The number of halogens is 6. The fourth-order valence-corrected chi connectivity index (χ4v) is 5.09. The molecule has 0 bridgehead atoms. The predicted molar refractivity (Wildman–Crippen MR) is 267 cm³/mol. The van der Waals surface area contributed by atoms with Gasteiger partial charge in [-0.2, -0.15) is 0 Å². The van der Waals surface area contributed by atoms with E-state index in [-0.39, 0.29) is 34.1 Å². The fourth-order valence-electron chi connectivity index (χ4n) is 4.84. The lowest BCUT2D eigenvalue weighted by Crippen LogP contribution is -2.30. The van der Waals surface area contributed by atoms with E-state index >= 15 is 0 Å². The Kier molecular flexibility index (Phi) is 23.3. The molecule has 5 rings (SSSR count). The van der Waals surface area contributed by atoms with Crippen LogP contribution in [0.4, 0.5) is 45.5 Å². The topological polar surface area (TPSA) is 197 Å². The van der Waals surface area contributed by atoms with Crippen molar-refractivity contribution in [3.63, 3.8) is 0 Å². The van der Waals surface area contributed by atoms with Crippen LogP contribution in [0.5, 0.6) is 0 Å². The minimum atomic E-state index is -0.600. The fraction of sp³-hybridized carbons (Fsp3) is 0.471. The van der Waals surface area contributed by atoms with E-state index in [1.165, 1.54) is 42.2 Å². The zero-order valence-corrected chi connectivity index (χ0v) is 41.0. The molecule has 0 unspecified atom stereocenters. The van der Waals surface area contributed by atoms with Gasteiger partial charge >= 0.3 is 11.4 Å². The first-order valence-corrected chi connectivity index (χ1v) is 22.6. The summed E-state index contributed by atoms with van der Waals surface area (Å²) in [5.41, 5.74) is 26.0. The van der Waals surface area contributed by atoms with E-state index in [0.29, 0.717) is 14.2 Å². The molecule has 2 fully saturated rings. The number of benzene rings is 3. The van der Waals surface area contributed by atoms with Gasteiger partial charge in [0.2, 0.25) is 0 Å². The first kappa shape index (κ1) is 49.2. The molecule has 0 aliphatic carbocycles. The molecule has 2 saturated heterocycles. The Morgan fingerprint density at radius 1 is 0.673 bits per heavy atom. The van der Waals surface area contributed by atoms with E-state index in [4.69, 9.17) is 34.5 Å². The van der Waals surface area contributed by atoms with Gasteiger partial charge in [0.15, 0.2) is 0 Å². The summed E-state index contributed by atoms with van der Waals surface area (Å²) in [6.07, 6.45) is 7.23. The van der Waals surface area contributed by atoms with E-state index < -0.39 is 4.92 Å². The summed E-state index contributed by atoms with van der Waals surface area (Å²) in [6.45, 7) is 10.5. The van der Waals surface area contributed by atoms with Crippen LogP contribution in [0.3, 0.4) is 0 Å². The summed E-state index contributed by atoms with van der Waals surface area (Å²) in [4.78, 5) is 24.7. The summed E-state index contributed by atoms with van der Waals surface area (Å²) < 4.78 is 2.12. The third-order valence-corrected chi connectivity index (χ3v) is 12.7. The van der Waals surface area contributed by atoms with Crippen molar-refractivity contribution in [3.8, 4) is 0 Å². The molecule has 0 aromatic heterocycles. The van der Waals surface area contributed by atoms with Crippen molar-refractivity contribution < 1.29 is 11.3 Å². The van der Waals surface area contributed by atoms with Gasteiger partial charge in [-0.1, -0.05) is 143 Å². The summed E-state index contributed by atoms with van der Waals surface area (Å²) in [6, 6.07) is 15.4. The minimum Gasteiger partial charge on any atom is -0.397 e. The lowest BCUT2D eigenvalue weighted by atomic mass is 10.1. The monoisotopic (exact) mass is 1300 g/mol. The van der Waals surface area contributed by atoms with E-state index in [9.17, 15) is 20.2 Å². The number of para-hydroxylation sites is 3. The Morgan fingerprint density at radius 2 is 1.02 bits per heavy atom. The molecule has 0 spiro atoms. The van der Waals surface area contributed by atoms with Crippen LogP contribution in [0.25, 0.3) is 0 Å². The number of nitrogens with two attached hydrogens (primary N) is 4. The standard InChI is InChI=1S/C11H15N3O2.C11H17N3.C6H5ClN2O2.C3H5I3.C3H6I2.H2/c12-9-5-4-6-10(11(9)14(15)16)13-7-2-1-3-8-13;12-9-5-4-6-10(11(9)13)14-7-2-1-3-8-14;7-4-2-1-3-5(8)6(4)9(10)11;1-3(5,6)2-4;1-3(2,4)5;/h4-6H,1-3,7-8,12H2;4-6H,1-3,7-8,12-13H2;1-3H,8H2;2H2,1H3;1-2H3;1H. The third-order valence-electron chi connectivity index (χ3n) is 7.17. The Morgan fingerprint density at radius 3 is 1.38 bits per heavy atom. The molecule has 2 aliphatic rings. The Balaban J connectivity index is 0.000000674. The van der Waals surface area contributed by atoms with Gasteiger partial charge in [-0.3, -0.25) is 20.2 Å². The van der Waals surface area contributed by atoms with Crippen molar-refractivity contribution in [2.45, 2.75) is 62.2 Å². The Hall–Kier alpha value is -0.800. The average Bonchev–Trinajstić information content (AvgIpc) is 3.06. The summed E-state index contributed by atoms with van der Waals surface area (Å²) in [7, 11) is 0. The third kappa shape index (κ3) is 19.7. The molecule has 12 nitrogen and oxygen atoms in total. The number of nitrogen functional groups attached to an aromatic ring is 4. The second-order valence-electron chi connectivity index (χ2n) is 12.3. The van der Waals surface area contributed by atoms with Crippen LogP contribution in [0.1, 0.15) is 60.7 Å². The number of rotatable bonds is 5. The first-order chi connectivity index (χ1) is 24.2. The molecule has 2 aliphatic heterocycles. The number of alkyl halides is 5. The van der Waals surface area contributed by atoms with Gasteiger partial charge in [-0.05, 0) is 95.7 Å². The van der Waals surface area contributed by atoms with E-state index in [1.54, 1.807) is 24.3 Å². The highest BCUT2D eigenvalue weighted by atomic mass is 127. The molecule has 0 amide bonds. The van der Waals surface area contributed by atoms with Gasteiger partial charge in [0, 0.05) is 32.0 Å². The molecule has 0 radical (unpaired) electrons. The number of nitro groups is 2. The molecule has 52 heavy (non-hydrogen) atoms. The summed E-state index contributed by atoms with van der Waals surface area (Å²) >= 11 is 17.4. The molecule has 3 aromatic carbocycles. The highest BCUT2D eigenvalue weighted by molar-refractivity contribution is 14.2. The van der Waals surface area contributed by atoms with Crippen LogP contribution >= 0.6 is 125 Å². The summed E-state index contributed by atoms with van der Waals surface area (Å²) in [5, 5.41) is 21.3. The maximum absolute atomic E-state index is 11.0. The minimum absolute atomic E-state index is 0. The second kappa shape index (κ2) is 24.7. The molecule has 0 atom stereocenters. The predicted octanol–water partition coefficient (Wildman–Crippen LogP) is 11.7. The van der Waals surface area contributed by atoms with E-state index in [1.807, 2.05) is 12.1 Å². The maximum Gasteiger partial charge on any atom is 0.315 e. The van der Waals surface area contributed by atoms with Gasteiger partial charge in [-0.25, -0.2) is 0 Å². The quantitative estimate of drug-likeness (QED) is 0.0627. The van der Waals surface area contributed by atoms with Crippen LogP contribution in [0, 0.1) is 20.2 Å². The number of anilines is 6. The van der Waals surface area contributed by atoms with Crippen molar-refractivity contribution in [2.75, 3.05) is 63.3 Å². The largest absolute Gasteiger partial charge is 0.397 e. The van der Waals surface area contributed by atoms with Crippen LogP contribution in [-0.4, -0.2) is 43.3 Å². The normalized spacial score (nSPS) is 14.1. The van der Waals surface area contributed by atoms with Gasteiger partial charge in [0.1, 0.15) is 22.1 Å². The molecule has 0 saturated carbocycles. The van der Waals surface area contributed by atoms with Gasteiger partial charge < -0.3 is 32.7 Å². The highest BCUT2D eigenvalue weighted by Crippen LogP contribution is 2.35. The number of hydrogen-bond acceptors (Lipinski definition) is 10. The van der Waals surface area contributed by atoms with Gasteiger partial charge in [0.25, 0.3) is 0 Å². The number of piperidine rings is 2. The van der Waals surface area contributed by atoms with Gasteiger partial charge in [0.05, 0.1) is 29.8 Å². The maximum atomic E-state index is 11.0. The molecule has 3 aromatic rings. The van der Waals surface area contributed by atoms with Gasteiger partial charge in [-0.15, -0.1) is 0 Å². The van der Waals surface area contributed by atoms with Crippen LogP contribution in [0.2, 0.25) is 5.02 Å². The molecule has 8 N–H and O–H groups in total. The average molecular weight is 1300 g/mol. The smallest absolute Gasteiger partial charge is 0.315 e. The van der Waals surface area contributed by atoms with Crippen LogP contribution in [-0.2, 0) is 0 Å². The SMILES string of the molecule is CC(C)(I)I.CC(I)(I)CI.Nc1cccc(Cl)c1[N+](=O)[O-].Nc1cccc(N2CCCCC2)c1N.Nc1cccc(N2CCCCC2)c1[N+](=O)[O-].[HH]. The molecular weight excluding hydrogens is 1250 g/mol. The number of nitro benzene ring substituents is 2. The van der Waals surface area contributed by atoms with Crippen LogP contribution in [0.15, 0.2) is 54.6 Å². The molecule has 2 heterocycles. The second-order valence-corrected chi connectivity index (χ2v) is 27.8. The zero-order valence-electron chi connectivity index (χ0n) is 29.5. The van der Waals surface area contributed by atoms with Crippen molar-refractivity contribution in [1.29, 1.82) is 0 Å². The van der Waals surface area contributed by atoms with Crippen molar-refractivity contribution >= 4 is 170 Å². The van der Waals surface area contributed by atoms with E-state index in [2.05, 4.69) is 150 Å².